The van der Waals surface area contributed by atoms with Gasteiger partial charge >= 0.3 is 117 Å². The Morgan fingerprint density at radius 2 is 0.944 bits per heavy atom. The van der Waals surface area contributed by atoms with Gasteiger partial charge in [0.1, 0.15) is 0 Å². The van der Waals surface area contributed by atoms with E-state index in [9.17, 15) is 0 Å². The van der Waals surface area contributed by atoms with E-state index >= 15 is 0 Å². The Bertz CT molecular complexity index is 157. The summed E-state index contributed by atoms with van der Waals surface area (Å²) < 4.78 is 0. The fraction of sp³-hybridized carbons (Fsp3) is 1.00. The van der Waals surface area contributed by atoms with Crippen LogP contribution in [-0.2, 0) is 0 Å². The fourth-order valence-electron chi connectivity index (χ4n) is 3.31. The zero-order valence-electron chi connectivity index (χ0n) is 13.7. The molecule has 1 heteroatoms. The van der Waals surface area contributed by atoms with Crippen molar-refractivity contribution in [2.24, 2.45) is 0 Å². The van der Waals surface area contributed by atoms with Crippen LogP contribution in [0.2, 0.25) is 0 Å². The van der Waals surface area contributed by atoms with E-state index in [4.69, 9.17) is 0 Å². The minimum absolute atomic E-state index is 0.887. The van der Waals surface area contributed by atoms with Crippen LogP contribution < -0.4 is 0 Å². The van der Waals surface area contributed by atoms with E-state index in [1.165, 1.54) is 57.8 Å². The molecule has 0 rings (SSSR count). The average Bonchev–Trinajstić information content (AvgIpc) is 2.39. The summed E-state index contributed by atoms with van der Waals surface area (Å²) in [5, 5.41) is 0. The SMILES string of the molecule is CCCCCC[PH](CCC)(CCCC)CCCC. The molecule has 112 valence electrons. The van der Waals surface area contributed by atoms with E-state index in [1.807, 2.05) is 0 Å². The Hall–Kier alpha value is 0.430. The molecule has 0 heterocycles. The monoisotopic (exact) mass is 274 g/mol. The van der Waals surface area contributed by atoms with Gasteiger partial charge in [-0.05, 0) is 0 Å². The Morgan fingerprint density at radius 3 is 1.39 bits per heavy atom. The zero-order valence-corrected chi connectivity index (χ0v) is 14.7. The molecule has 0 amide bonds. The van der Waals surface area contributed by atoms with Crippen molar-refractivity contribution in [3.8, 4) is 0 Å². The molecule has 0 bridgehead atoms. The van der Waals surface area contributed by atoms with E-state index in [-0.39, 0.29) is 0 Å². The molecular formula is C17H39P. The van der Waals surface area contributed by atoms with Crippen molar-refractivity contribution in [1.29, 1.82) is 0 Å². The first-order valence-electron chi connectivity index (χ1n) is 8.74. The van der Waals surface area contributed by atoms with Crippen LogP contribution in [0.5, 0.6) is 0 Å². The molecule has 0 radical (unpaired) electrons. The van der Waals surface area contributed by atoms with Crippen LogP contribution in [0.3, 0.4) is 0 Å². The summed E-state index contributed by atoms with van der Waals surface area (Å²) in [6.45, 7) is 9.46. The van der Waals surface area contributed by atoms with Crippen molar-refractivity contribution in [2.75, 3.05) is 24.6 Å². The minimum atomic E-state index is -0.887. The Labute approximate surface area is 118 Å². The normalized spacial score (nSPS) is 12.9. The molecule has 0 aliphatic carbocycles. The zero-order chi connectivity index (χ0) is 13.7. The van der Waals surface area contributed by atoms with Gasteiger partial charge in [0.05, 0.1) is 0 Å². The van der Waals surface area contributed by atoms with Crippen molar-refractivity contribution in [3.05, 3.63) is 0 Å². The first-order valence-corrected chi connectivity index (χ1v) is 11.6. The Morgan fingerprint density at radius 1 is 0.444 bits per heavy atom. The molecule has 0 aromatic carbocycles. The van der Waals surface area contributed by atoms with E-state index in [1.54, 1.807) is 24.6 Å². The molecule has 0 spiro atoms. The average molecular weight is 274 g/mol. The van der Waals surface area contributed by atoms with Crippen LogP contribution in [0.15, 0.2) is 0 Å². The Kier molecular flexibility index (Phi) is 12.8. The van der Waals surface area contributed by atoms with Crippen LogP contribution >= 0.6 is 7.26 Å². The number of rotatable bonds is 13. The molecule has 0 aromatic heterocycles. The van der Waals surface area contributed by atoms with E-state index < -0.39 is 7.26 Å². The standard InChI is InChI=1S/C17H39P/c1-5-9-12-13-17-18(14-8-4,15-10-6-2)16-11-7-3/h18H,5-17H2,1-4H3. The van der Waals surface area contributed by atoms with Gasteiger partial charge in [-0.3, -0.25) is 0 Å². The number of hydrogen-bond acceptors (Lipinski definition) is 0. The van der Waals surface area contributed by atoms with Crippen LogP contribution in [0.4, 0.5) is 0 Å². The van der Waals surface area contributed by atoms with Gasteiger partial charge in [-0.25, -0.2) is 0 Å². The molecule has 0 aromatic rings. The maximum absolute atomic E-state index is 2.41. The predicted octanol–water partition coefficient (Wildman–Crippen LogP) is 6.33. The summed E-state index contributed by atoms with van der Waals surface area (Å²) in [5.41, 5.74) is 0. The molecule has 0 saturated carbocycles. The topological polar surface area (TPSA) is 0 Å². The molecule has 0 atom stereocenters. The first-order chi connectivity index (χ1) is 8.74. The van der Waals surface area contributed by atoms with Crippen LogP contribution in [0.1, 0.15) is 85.5 Å². The molecule has 0 saturated heterocycles. The predicted molar refractivity (Wildman–Crippen MR) is 92.0 cm³/mol. The van der Waals surface area contributed by atoms with Gasteiger partial charge in [0.15, 0.2) is 0 Å². The third kappa shape index (κ3) is 8.52. The van der Waals surface area contributed by atoms with Gasteiger partial charge in [0, 0.05) is 0 Å². The van der Waals surface area contributed by atoms with Gasteiger partial charge in [0.2, 0.25) is 0 Å². The second-order valence-electron chi connectivity index (χ2n) is 6.27. The summed E-state index contributed by atoms with van der Waals surface area (Å²) in [6, 6.07) is 0. The maximum atomic E-state index is 2.41. The summed E-state index contributed by atoms with van der Waals surface area (Å²) in [4.78, 5) is 0. The van der Waals surface area contributed by atoms with Gasteiger partial charge < -0.3 is 0 Å². The second kappa shape index (κ2) is 12.5. The van der Waals surface area contributed by atoms with Gasteiger partial charge in [-0.15, -0.1) is 0 Å². The van der Waals surface area contributed by atoms with Gasteiger partial charge in [0.25, 0.3) is 0 Å². The van der Waals surface area contributed by atoms with E-state index in [2.05, 4.69) is 27.7 Å². The molecule has 0 N–H and O–H groups in total. The summed E-state index contributed by atoms with van der Waals surface area (Å²) in [6.07, 6.45) is 19.6. The van der Waals surface area contributed by atoms with Gasteiger partial charge in [-0.2, -0.15) is 0 Å². The molecule has 0 aliphatic heterocycles. The third-order valence-corrected chi connectivity index (χ3v) is 10.3. The van der Waals surface area contributed by atoms with Crippen molar-refractivity contribution >= 4 is 7.26 Å². The molecule has 0 nitrogen and oxygen atoms in total. The second-order valence-corrected chi connectivity index (χ2v) is 11.3. The molecular weight excluding hydrogens is 235 g/mol. The molecule has 0 unspecified atom stereocenters. The van der Waals surface area contributed by atoms with Crippen molar-refractivity contribution < 1.29 is 0 Å². The first kappa shape index (κ1) is 18.4. The fourth-order valence-corrected chi connectivity index (χ4v) is 9.08. The molecule has 0 aliphatic rings. The number of unbranched alkanes of at least 4 members (excludes halogenated alkanes) is 5. The van der Waals surface area contributed by atoms with E-state index in [0.29, 0.717) is 0 Å². The van der Waals surface area contributed by atoms with Gasteiger partial charge in [-0.1, -0.05) is 0 Å². The van der Waals surface area contributed by atoms with Crippen molar-refractivity contribution in [1.82, 2.24) is 0 Å². The van der Waals surface area contributed by atoms with Crippen LogP contribution in [-0.4, -0.2) is 24.6 Å². The van der Waals surface area contributed by atoms with Crippen LogP contribution in [0, 0.1) is 0 Å². The molecule has 18 heavy (non-hydrogen) atoms. The third-order valence-electron chi connectivity index (χ3n) is 4.46. The van der Waals surface area contributed by atoms with E-state index in [0.717, 1.165) is 0 Å². The summed E-state index contributed by atoms with van der Waals surface area (Å²) in [5.74, 6) is 0. The molecule has 0 fully saturated rings. The van der Waals surface area contributed by atoms with Crippen LogP contribution in [0.25, 0.3) is 0 Å². The summed E-state index contributed by atoms with van der Waals surface area (Å²) >= 11 is 0. The number of hydrogen-bond donors (Lipinski definition) is 0. The van der Waals surface area contributed by atoms with Crippen molar-refractivity contribution in [3.63, 3.8) is 0 Å². The quantitative estimate of drug-likeness (QED) is 0.272. The Balaban J connectivity index is 4.29. The van der Waals surface area contributed by atoms with Crippen molar-refractivity contribution in [2.45, 2.75) is 85.5 Å². The summed E-state index contributed by atoms with van der Waals surface area (Å²) in [7, 11) is -0.887.